The summed E-state index contributed by atoms with van der Waals surface area (Å²) in [6.07, 6.45) is 1.05. The van der Waals surface area contributed by atoms with Gasteiger partial charge < -0.3 is 0 Å². The molecule has 0 saturated heterocycles. The molecule has 0 aliphatic heterocycles. The molecule has 0 atom stereocenters. The Morgan fingerprint density at radius 2 is 2.10 bits per heavy atom. The second kappa shape index (κ2) is 3.54. The molecule has 0 bridgehead atoms. The molecule has 0 nitrogen and oxygen atoms in total. The van der Waals surface area contributed by atoms with Crippen LogP contribution >= 0.6 is 31.9 Å². The molecule has 0 N–H and O–H groups in total. The van der Waals surface area contributed by atoms with E-state index in [-0.39, 0.29) is 0 Å². The van der Waals surface area contributed by atoms with Crippen molar-refractivity contribution in [2.45, 2.75) is 13.3 Å². The van der Waals surface area contributed by atoms with Crippen LogP contribution in [0.1, 0.15) is 12.5 Å². The predicted octanol–water partition coefficient (Wildman–Crippen LogP) is 3.57. The zero-order chi connectivity index (χ0) is 7.56. The Bertz CT molecular complexity index is 231. The van der Waals surface area contributed by atoms with E-state index < -0.39 is 0 Å². The molecule has 0 amide bonds. The van der Waals surface area contributed by atoms with Crippen LogP contribution in [0.15, 0.2) is 21.1 Å². The highest BCUT2D eigenvalue weighted by Gasteiger charge is 1.96. The average molecular weight is 263 g/mol. The van der Waals surface area contributed by atoms with Crippen molar-refractivity contribution >= 4 is 31.9 Å². The molecule has 0 aliphatic rings. The fraction of sp³-hybridized carbons (Fsp3) is 0.250. The maximum atomic E-state index is 3.42. The fourth-order valence-electron chi connectivity index (χ4n) is 0.747. The van der Waals surface area contributed by atoms with Crippen molar-refractivity contribution in [3.63, 3.8) is 0 Å². The predicted molar refractivity (Wildman–Crippen MR) is 50.1 cm³/mol. The van der Waals surface area contributed by atoms with Gasteiger partial charge in [0.05, 0.1) is 0 Å². The summed E-state index contributed by atoms with van der Waals surface area (Å²) in [6, 6.07) is 7.21. The fourth-order valence-corrected chi connectivity index (χ4v) is 1.97. The number of halogens is 2. The van der Waals surface area contributed by atoms with E-state index in [1.807, 2.05) is 6.07 Å². The van der Waals surface area contributed by atoms with Crippen LogP contribution < -0.4 is 0 Å². The molecule has 10 heavy (non-hydrogen) atoms. The molecule has 53 valence electrons. The standard InChI is InChI=1S/C8H7Br2/c1-2-6-3-4-7(9)5-8(6)10/h3-4H,2H2,1H3. The van der Waals surface area contributed by atoms with Crippen molar-refractivity contribution in [1.82, 2.24) is 0 Å². The van der Waals surface area contributed by atoms with E-state index in [1.54, 1.807) is 0 Å². The van der Waals surface area contributed by atoms with Gasteiger partial charge in [0.1, 0.15) is 0 Å². The molecule has 0 unspecified atom stereocenters. The molecule has 1 aromatic rings. The number of aryl methyl sites for hydroxylation is 1. The molecule has 1 aromatic carbocycles. The van der Waals surface area contributed by atoms with Gasteiger partial charge in [-0.1, -0.05) is 28.9 Å². The first-order chi connectivity index (χ1) is 4.74. The largest absolute Gasteiger partial charge is 0.0613 e. The third-order valence-corrected chi connectivity index (χ3v) is 2.49. The van der Waals surface area contributed by atoms with Gasteiger partial charge in [-0.25, -0.2) is 0 Å². The lowest BCUT2D eigenvalue weighted by Gasteiger charge is -1.98. The maximum Gasteiger partial charge on any atom is 0.0297 e. The van der Waals surface area contributed by atoms with Gasteiger partial charge in [-0.2, -0.15) is 0 Å². The van der Waals surface area contributed by atoms with Crippen LogP contribution in [0.25, 0.3) is 0 Å². The van der Waals surface area contributed by atoms with Crippen LogP contribution in [0.5, 0.6) is 0 Å². The second-order valence-electron chi connectivity index (χ2n) is 2.00. The number of hydrogen-bond donors (Lipinski definition) is 0. The number of benzene rings is 1. The topological polar surface area (TPSA) is 0 Å². The van der Waals surface area contributed by atoms with E-state index in [1.165, 1.54) is 5.56 Å². The Kier molecular flexibility index (Phi) is 2.93. The van der Waals surface area contributed by atoms with Gasteiger partial charge in [-0.05, 0) is 34.0 Å². The second-order valence-corrected chi connectivity index (χ2v) is 3.65. The van der Waals surface area contributed by atoms with Gasteiger partial charge in [0.2, 0.25) is 0 Å². The molecule has 0 aliphatic carbocycles. The molecule has 0 aromatic heterocycles. The van der Waals surface area contributed by atoms with Crippen LogP contribution in [0.2, 0.25) is 0 Å². The first kappa shape index (κ1) is 8.28. The lowest BCUT2D eigenvalue weighted by molar-refractivity contribution is 1.12. The summed E-state index contributed by atoms with van der Waals surface area (Å²) in [5.74, 6) is 0. The Morgan fingerprint density at radius 3 is 2.60 bits per heavy atom. The summed E-state index contributed by atoms with van der Waals surface area (Å²) in [5, 5.41) is 0. The Balaban J connectivity index is 3.07. The molecule has 2 heteroatoms. The van der Waals surface area contributed by atoms with Gasteiger partial charge in [-0.3, -0.25) is 0 Å². The number of rotatable bonds is 1. The highest BCUT2D eigenvalue weighted by molar-refractivity contribution is 9.11. The Morgan fingerprint density at radius 1 is 1.40 bits per heavy atom. The quantitative estimate of drug-likeness (QED) is 0.726. The van der Waals surface area contributed by atoms with Crippen molar-refractivity contribution in [3.05, 3.63) is 32.7 Å². The van der Waals surface area contributed by atoms with E-state index in [2.05, 4.69) is 50.9 Å². The zero-order valence-corrected chi connectivity index (χ0v) is 8.79. The Labute approximate surface area is 77.9 Å². The summed E-state index contributed by atoms with van der Waals surface area (Å²) < 4.78 is 2.06. The van der Waals surface area contributed by atoms with Crippen molar-refractivity contribution in [2.75, 3.05) is 0 Å². The Hall–Kier alpha value is 0.180. The molecular weight excluding hydrogens is 256 g/mol. The van der Waals surface area contributed by atoms with E-state index >= 15 is 0 Å². The third-order valence-electron chi connectivity index (χ3n) is 1.32. The maximum absolute atomic E-state index is 3.42. The van der Waals surface area contributed by atoms with Gasteiger partial charge in [-0.15, -0.1) is 0 Å². The third kappa shape index (κ3) is 1.83. The molecular formula is C8H7Br2. The zero-order valence-electron chi connectivity index (χ0n) is 5.62. The average Bonchev–Trinajstić information content (AvgIpc) is 1.88. The highest BCUT2D eigenvalue weighted by atomic mass is 79.9. The van der Waals surface area contributed by atoms with Crippen LogP contribution in [0, 0.1) is 6.07 Å². The summed E-state index contributed by atoms with van der Waals surface area (Å²) in [5.41, 5.74) is 1.29. The summed E-state index contributed by atoms with van der Waals surface area (Å²) in [6.45, 7) is 2.13. The molecule has 0 heterocycles. The molecule has 1 radical (unpaired) electrons. The summed E-state index contributed by atoms with van der Waals surface area (Å²) in [4.78, 5) is 0. The molecule has 0 fully saturated rings. The minimum Gasteiger partial charge on any atom is -0.0613 e. The van der Waals surface area contributed by atoms with Crippen LogP contribution in [-0.2, 0) is 6.42 Å². The summed E-state index contributed by atoms with van der Waals surface area (Å²) in [7, 11) is 0. The van der Waals surface area contributed by atoms with E-state index in [0.29, 0.717) is 0 Å². The van der Waals surface area contributed by atoms with Crippen LogP contribution in [0.4, 0.5) is 0 Å². The highest BCUT2D eigenvalue weighted by Crippen LogP contribution is 2.20. The van der Waals surface area contributed by atoms with Gasteiger partial charge >= 0.3 is 0 Å². The van der Waals surface area contributed by atoms with E-state index in [4.69, 9.17) is 0 Å². The van der Waals surface area contributed by atoms with Crippen LogP contribution in [-0.4, -0.2) is 0 Å². The first-order valence-corrected chi connectivity index (χ1v) is 4.69. The van der Waals surface area contributed by atoms with Crippen molar-refractivity contribution in [2.24, 2.45) is 0 Å². The first-order valence-electron chi connectivity index (χ1n) is 3.10. The molecule has 1 rings (SSSR count). The SMILES string of the molecule is CCc1ccc(Br)[c]c1Br. The van der Waals surface area contributed by atoms with Crippen molar-refractivity contribution in [1.29, 1.82) is 0 Å². The van der Waals surface area contributed by atoms with E-state index in [9.17, 15) is 0 Å². The minimum absolute atomic E-state index is 0.997. The van der Waals surface area contributed by atoms with E-state index in [0.717, 1.165) is 15.4 Å². The molecule has 0 saturated carbocycles. The smallest absolute Gasteiger partial charge is 0.0297 e. The van der Waals surface area contributed by atoms with Crippen molar-refractivity contribution < 1.29 is 0 Å². The normalized spacial score (nSPS) is 9.90. The lowest BCUT2D eigenvalue weighted by atomic mass is 10.2. The van der Waals surface area contributed by atoms with Gasteiger partial charge in [0.15, 0.2) is 0 Å². The molecule has 0 spiro atoms. The van der Waals surface area contributed by atoms with Crippen molar-refractivity contribution in [3.8, 4) is 0 Å². The summed E-state index contributed by atoms with van der Waals surface area (Å²) >= 11 is 6.76. The van der Waals surface area contributed by atoms with Crippen LogP contribution in [0.3, 0.4) is 0 Å². The minimum atomic E-state index is 0.997. The van der Waals surface area contributed by atoms with Gasteiger partial charge in [0.25, 0.3) is 0 Å². The monoisotopic (exact) mass is 261 g/mol. The number of hydrogen-bond acceptors (Lipinski definition) is 0. The lowest BCUT2D eigenvalue weighted by Crippen LogP contribution is -1.81. The van der Waals surface area contributed by atoms with Gasteiger partial charge in [0, 0.05) is 15.0 Å².